The van der Waals surface area contributed by atoms with Crippen molar-refractivity contribution in [2.45, 2.75) is 6.92 Å². The SMILES string of the molecule is Cc1ccc2c(N)c(C(=O)N(C)CCN(C)C)sc2n1. The number of aromatic nitrogens is 1. The molecular weight excluding hydrogens is 272 g/mol. The first-order chi connectivity index (χ1) is 9.40. The quantitative estimate of drug-likeness (QED) is 0.933. The number of likely N-dealkylation sites (N-methyl/N-ethyl adjacent to an activating group) is 2. The molecule has 6 heteroatoms. The van der Waals surface area contributed by atoms with Crippen LogP contribution in [-0.4, -0.2) is 54.9 Å². The lowest BCUT2D eigenvalue weighted by Crippen LogP contribution is -2.33. The molecule has 5 nitrogen and oxygen atoms in total. The van der Waals surface area contributed by atoms with Crippen molar-refractivity contribution in [3.63, 3.8) is 0 Å². The number of nitrogens with zero attached hydrogens (tertiary/aromatic N) is 3. The van der Waals surface area contributed by atoms with Gasteiger partial charge in [0.1, 0.15) is 9.71 Å². The number of hydrogen-bond acceptors (Lipinski definition) is 5. The van der Waals surface area contributed by atoms with Crippen LogP contribution in [0.3, 0.4) is 0 Å². The molecule has 2 rings (SSSR count). The number of aryl methyl sites for hydroxylation is 1. The van der Waals surface area contributed by atoms with Crippen molar-refractivity contribution in [3.8, 4) is 0 Å². The zero-order valence-corrected chi connectivity index (χ0v) is 13.1. The minimum Gasteiger partial charge on any atom is -0.397 e. The van der Waals surface area contributed by atoms with E-state index in [2.05, 4.69) is 4.98 Å². The van der Waals surface area contributed by atoms with Crippen molar-refractivity contribution in [3.05, 3.63) is 22.7 Å². The molecule has 0 radical (unpaired) electrons. The average Bonchev–Trinajstić information content (AvgIpc) is 2.71. The van der Waals surface area contributed by atoms with E-state index in [1.807, 2.05) is 38.1 Å². The van der Waals surface area contributed by atoms with E-state index in [0.29, 0.717) is 17.1 Å². The Morgan fingerprint density at radius 3 is 2.65 bits per heavy atom. The van der Waals surface area contributed by atoms with Gasteiger partial charge in [0.05, 0.1) is 5.69 Å². The molecule has 2 aromatic heterocycles. The third kappa shape index (κ3) is 2.91. The summed E-state index contributed by atoms with van der Waals surface area (Å²) in [5.74, 6) is -0.0370. The lowest BCUT2D eigenvalue weighted by atomic mass is 10.2. The lowest BCUT2D eigenvalue weighted by molar-refractivity contribution is 0.0792. The third-order valence-electron chi connectivity index (χ3n) is 3.16. The van der Waals surface area contributed by atoms with E-state index in [4.69, 9.17) is 5.73 Å². The Morgan fingerprint density at radius 1 is 1.30 bits per heavy atom. The van der Waals surface area contributed by atoms with Crippen LogP contribution in [0.5, 0.6) is 0 Å². The van der Waals surface area contributed by atoms with Crippen molar-refractivity contribution in [1.29, 1.82) is 0 Å². The third-order valence-corrected chi connectivity index (χ3v) is 4.26. The van der Waals surface area contributed by atoms with Gasteiger partial charge in [0.25, 0.3) is 5.91 Å². The first kappa shape index (κ1) is 14.7. The number of thiophene rings is 1. The Balaban J connectivity index is 2.28. The van der Waals surface area contributed by atoms with E-state index in [1.54, 1.807) is 11.9 Å². The van der Waals surface area contributed by atoms with Gasteiger partial charge in [-0.1, -0.05) is 0 Å². The first-order valence-corrected chi connectivity index (χ1v) is 7.27. The highest BCUT2D eigenvalue weighted by Crippen LogP contribution is 2.33. The number of fused-ring (bicyclic) bond motifs is 1. The van der Waals surface area contributed by atoms with Crippen molar-refractivity contribution >= 4 is 33.1 Å². The summed E-state index contributed by atoms with van der Waals surface area (Å²) in [5.41, 5.74) is 7.57. The summed E-state index contributed by atoms with van der Waals surface area (Å²) >= 11 is 1.37. The maximum absolute atomic E-state index is 12.4. The molecule has 0 spiro atoms. The molecular formula is C14H20N4OS. The normalized spacial score (nSPS) is 11.2. The van der Waals surface area contributed by atoms with Crippen LogP contribution >= 0.6 is 11.3 Å². The van der Waals surface area contributed by atoms with E-state index in [-0.39, 0.29) is 5.91 Å². The molecule has 0 saturated heterocycles. The molecule has 0 aliphatic rings. The Hall–Kier alpha value is -1.66. The molecule has 0 atom stereocenters. The van der Waals surface area contributed by atoms with Crippen molar-refractivity contribution in [1.82, 2.24) is 14.8 Å². The number of rotatable bonds is 4. The smallest absolute Gasteiger partial charge is 0.265 e. The Bertz CT molecular complexity index is 635. The molecule has 2 N–H and O–H groups in total. The highest BCUT2D eigenvalue weighted by atomic mass is 32.1. The van der Waals surface area contributed by atoms with Gasteiger partial charge in [-0.3, -0.25) is 4.79 Å². The molecule has 0 bridgehead atoms. The Morgan fingerprint density at radius 2 is 2.00 bits per heavy atom. The molecule has 108 valence electrons. The number of nitrogen functional groups attached to an aromatic ring is 1. The summed E-state index contributed by atoms with van der Waals surface area (Å²) in [6.07, 6.45) is 0. The number of pyridine rings is 1. The molecule has 0 unspecified atom stereocenters. The predicted molar refractivity (Wildman–Crippen MR) is 84.3 cm³/mol. The molecule has 0 fully saturated rings. The number of carbonyl (C=O) groups is 1. The van der Waals surface area contributed by atoms with Crippen LogP contribution in [0.25, 0.3) is 10.2 Å². The van der Waals surface area contributed by atoms with Crippen LogP contribution in [0.2, 0.25) is 0 Å². The van der Waals surface area contributed by atoms with Gasteiger partial charge in [-0.05, 0) is 33.2 Å². The van der Waals surface area contributed by atoms with Crippen LogP contribution in [0.15, 0.2) is 12.1 Å². The Kier molecular flexibility index (Phi) is 4.25. The van der Waals surface area contributed by atoms with Gasteiger partial charge in [-0.15, -0.1) is 11.3 Å². The second kappa shape index (κ2) is 5.76. The zero-order valence-electron chi connectivity index (χ0n) is 12.3. The minimum absolute atomic E-state index is 0.0370. The number of nitrogens with two attached hydrogens (primary N) is 1. The van der Waals surface area contributed by atoms with Gasteiger partial charge in [0.15, 0.2) is 0 Å². The van der Waals surface area contributed by atoms with Crippen LogP contribution in [0, 0.1) is 6.92 Å². The topological polar surface area (TPSA) is 62.5 Å². The summed E-state index contributed by atoms with van der Waals surface area (Å²) in [5, 5.41) is 0.866. The second-order valence-electron chi connectivity index (χ2n) is 5.18. The fraction of sp³-hybridized carbons (Fsp3) is 0.429. The van der Waals surface area contributed by atoms with Crippen LogP contribution in [0.1, 0.15) is 15.4 Å². The van der Waals surface area contributed by atoms with Crippen molar-refractivity contribution in [2.75, 3.05) is 40.0 Å². The van der Waals surface area contributed by atoms with E-state index in [0.717, 1.165) is 22.5 Å². The minimum atomic E-state index is -0.0370. The average molecular weight is 292 g/mol. The molecule has 2 heterocycles. The van der Waals surface area contributed by atoms with Gasteiger partial charge in [0.2, 0.25) is 0 Å². The predicted octanol–water partition coefficient (Wildman–Crippen LogP) is 1.82. The summed E-state index contributed by atoms with van der Waals surface area (Å²) in [4.78, 5) is 22.0. The van der Waals surface area contributed by atoms with Crippen molar-refractivity contribution < 1.29 is 4.79 Å². The van der Waals surface area contributed by atoms with Gasteiger partial charge in [0, 0.05) is 31.2 Å². The highest BCUT2D eigenvalue weighted by molar-refractivity contribution is 7.21. The van der Waals surface area contributed by atoms with E-state index in [9.17, 15) is 4.79 Å². The summed E-state index contributed by atoms with van der Waals surface area (Å²) in [7, 11) is 5.77. The van der Waals surface area contributed by atoms with E-state index >= 15 is 0 Å². The first-order valence-electron chi connectivity index (χ1n) is 6.46. The Labute approximate surface area is 123 Å². The summed E-state index contributed by atoms with van der Waals surface area (Å²) < 4.78 is 0. The standard InChI is InChI=1S/C14H20N4OS/c1-9-5-6-10-11(15)12(20-13(10)16-9)14(19)18(4)8-7-17(2)3/h5-6H,7-8,15H2,1-4H3. The van der Waals surface area contributed by atoms with E-state index in [1.165, 1.54) is 11.3 Å². The maximum Gasteiger partial charge on any atom is 0.265 e. The zero-order chi connectivity index (χ0) is 14.9. The highest BCUT2D eigenvalue weighted by Gasteiger charge is 2.20. The summed E-state index contributed by atoms with van der Waals surface area (Å²) in [6.45, 7) is 3.43. The molecule has 0 aliphatic heterocycles. The van der Waals surface area contributed by atoms with E-state index < -0.39 is 0 Å². The monoisotopic (exact) mass is 292 g/mol. The maximum atomic E-state index is 12.4. The molecule has 1 amide bonds. The number of hydrogen-bond donors (Lipinski definition) is 1. The largest absolute Gasteiger partial charge is 0.397 e. The molecule has 0 aliphatic carbocycles. The molecule has 0 saturated carbocycles. The van der Waals surface area contributed by atoms with Gasteiger partial charge >= 0.3 is 0 Å². The molecule has 0 aromatic carbocycles. The van der Waals surface area contributed by atoms with Gasteiger partial charge in [-0.2, -0.15) is 0 Å². The van der Waals surface area contributed by atoms with Crippen LogP contribution in [0.4, 0.5) is 5.69 Å². The fourth-order valence-electron chi connectivity index (χ4n) is 1.87. The van der Waals surface area contributed by atoms with Crippen LogP contribution in [-0.2, 0) is 0 Å². The van der Waals surface area contributed by atoms with Crippen LogP contribution < -0.4 is 5.73 Å². The second-order valence-corrected chi connectivity index (χ2v) is 6.18. The molecule has 20 heavy (non-hydrogen) atoms. The van der Waals surface area contributed by atoms with Crippen molar-refractivity contribution in [2.24, 2.45) is 0 Å². The number of carbonyl (C=O) groups excluding carboxylic acids is 1. The van der Waals surface area contributed by atoms with Gasteiger partial charge < -0.3 is 15.5 Å². The number of amides is 1. The fourth-order valence-corrected chi connectivity index (χ4v) is 3.01. The lowest BCUT2D eigenvalue weighted by Gasteiger charge is -2.19. The summed E-state index contributed by atoms with van der Waals surface area (Å²) in [6, 6.07) is 3.84. The number of anilines is 1. The van der Waals surface area contributed by atoms with Gasteiger partial charge in [-0.25, -0.2) is 4.98 Å². The molecule has 2 aromatic rings.